The quantitative estimate of drug-likeness (QED) is 0.549. The van der Waals surface area contributed by atoms with E-state index < -0.39 is 5.82 Å². The molecule has 0 unspecified atom stereocenters. The number of nitrogens with two attached hydrogens (primary N) is 1. The summed E-state index contributed by atoms with van der Waals surface area (Å²) in [6, 6.07) is 2.95. The van der Waals surface area contributed by atoms with Gasteiger partial charge in [0.05, 0.1) is 17.5 Å². The molecule has 0 heterocycles. The summed E-state index contributed by atoms with van der Waals surface area (Å²) >= 11 is 0. The summed E-state index contributed by atoms with van der Waals surface area (Å²) in [6.07, 6.45) is 4.67. The third-order valence-electron chi connectivity index (χ3n) is 2.81. The molecule has 0 aliphatic rings. The van der Waals surface area contributed by atoms with E-state index in [-0.39, 0.29) is 11.9 Å². The highest BCUT2D eigenvalue weighted by Crippen LogP contribution is 2.28. The van der Waals surface area contributed by atoms with Gasteiger partial charge in [0.1, 0.15) is 0 Å². The van der Waals surface area contributed by atoms with Crippen molar-refractivity contribution in [1.29, 1.82) is 0 Å². The molecule has 0 fully saturated rings. The number of ether oxygens (including phenoxy) is 1. The molecule has 0 radical (unpaired) electrons. The molecule has 3 N–H and O–H groups in total. The lowest BCUT2D eigenvalue weighted by atomic mass is 10.2. The predicted molar refractivity (Wildman–Crippen MR) is 79.2 cm³/mol. The molecule has 0 aliphatic carbocycles. The molecule has 0 amide bonds. The number of hydrogen-bond donors (Lipinski definition) is 2. The summed E-state index contributed by atoms with van der Waals surface area (Å²) in [6.45, 7) is 6.76. The van der Waals surface area contributed by atoms with E-state index in [0.717, 1.165) is 18.7 Å². The molecule has 0 bridgehead atoms. The monoisotopic (exact) mass is 268 g/mol. The number of nitrogens with one attached hydrogen (secondary N) is 1. The van der Waals surface area contributed by atoms with Crippen molar-refractivity contribution in [2.75, 3.05) is 17.6 Å². The Morgan fingerprint density at radius 3 is 2.63 bits per heavy atom. The Hall–Kier alpha value is -1.45. The van der Waals surface area contributed by atoms with E-state index >= 15 is 0 Å². The second-order valence-electron chi connectivity index (χ2n) is 5.02. The summed E-state index contributed by atoms with van der Waals surface area (Å²) < 4.78 is 19.1. The number of anilines is 2. The van der Waals surface area contributed by atoms with Crippen molar-refractivity contribution < 1.29 is 9.13 Å². The summed E-state index contributed by atoms with van der Waals surface area (Å²) in [5, 5.41) is 3.24. The Kier molecular flexibility index (Phi) is 6.46. The van der Waals surface area contributed by atoms with Gasteiger partial charge < -0.3 is 15.8 Å². The van der Waals surface area contributed by atoms with Crippen molar-refractivity contribution in [1.82, 2.24) is 0 Å². The van der Waals surface area contributed by atoms with Gasteiger partial charge in [-0.3, -0.25) is 0 Å². The maximum absolute atomic E-state index is 13.6. The van der Waals surface area contributed by atoms with Gasteiger partial charge in [0.2, 0.25) is 0 Å². The molecule has 4 heteroatoms. The minimum absolute atomic E-state index is 0.0597. The van der Waals surface area contributed by atoms with E-state index in [9.17, 15) is 4.39 Å². The summed E-state index contributed by atoms with van der Waals surface area (Å²) in [7, 11) is 0. The van der Waals surface area contributed by atoms with Gasteiger partial charge in [-0.1, -0.05) is 26.2 Å². The lowest BCUT2D eigenvalue weighted by Crippen LogP contribution is -2.09. The molecule has 1 aromatic rings. The van der Waals surface area contributed by atoms with Crippen LogP contribution in [0.3, 0.4) is 0 Å². The van der Waals surface area contributed by atoms with Crippen LogP contribution in [-0.2, 0) is 0 Å². The van der Waals surface area contributed by atoms with Crippen LogP contribution >= 0.6 is 0 Å². The zero-order chi connectivity index (χ0) is 14.3. The first-order chi connectivity index (χ1) is 9.04. The van der Waals surface area contributed by atoms with Gasteiger partial charge >= 0.3 is 0 Å². The van der Waals surface area contributed by atoms with Crippen molar-refractivity contribution in [3.8, 4) is 5.75 Å². The Bertz CT molecular complexity index is 394. The van der Waals surface area contributed by atoms with Gasteiger partial charge in [0.25, 0.3) is 0 Å². The van der Waals surface area contributed by atoms with Gasteiger partial charge in [0, 0.05) is 18.7 Å². The van der Waals surface area contributed by atoms with Crippen LogP contribution in [0.1, 0.15) is 46.5 Å². The Morgan fingerprint density at radius 2 is 2.00 bits per heavy atom. The molecule has 0 aromatic heterocycles. The first-order valence-corrected chi connectivity index (χ1v) is 7.04. The Labute approximate surface area is 115 Å². The molecule has 108 valence electrons. The molecule has 3 nitrogen and oxygen atoms in total. The van der Waals surface area contributed by atoms with Crippen molar-refractivity contribution in [2.24, 2.45) is 0 Å². The van der Waals surface area contributed by atoms with Crippen LogP contribution in [0.15, 0.2) is 12.1 Å². The van der Waals surface area contributed by atoms with Gasteiger partial charge in [0.15, 0.2) is 11.6 Å². The van der Waals surface area contributed by atoms with E-state index in [2.05, 4.69) is 12.2 Å². The minimum atomic E-state index is -0.414. The van der Waals surface area contributed by atoms with Gasteiger partial charge in [-0.2, -0.15) is 0 Å². The fourth-order valence-electron chi connectivity index (χ4n) is 1.84. The molecular formula is C15H25FN2O. The maximum atomic E-state index is 13.6. The first kappa shape index (κ1) is 15.6. The maximum Gasteiger partial charge on any atom is 0.167 e. The SMILES string of the molecule is CCCCCCNc1cc(OC(C)C)c(F)cc1N. The number of hydrogen-bond acceptors (Lipinski definition) is 3. The Balaban J connectivity index is 2.61. The highest BCUT2D eigenvalue weighted by Gasteiger charge is 2.10. The average molecular weight is 268 g/mol. The molecule has 0 spiro atoms. The summed E-state index contributed by atoms with van der Waals surface area (Å²) in [4.78, 5) is 0. The van der Waals surface area contributed by atoms with E-state index in [1.807, 2.05) is 13.8 Å². The molecule has 0 aliphatic heterocycles. The van der Waals surface area contributed by atoms with E-state index in [1.165, 1.54) is 25.3 Å². The molecule has 0 saturated carbocycles. The fraction of sp³-hybridized carbons (Fsp3) is 0.600. The normalized spacial score (nSPS) is 10.8. The van der Waals surface area contributed by atoms with Crippen LogP contribution in [0.5, 0.6) is 5.75 Å². The number of benzene rings is 1. The van der Waals surface area contributed by atoms with Crippen LogP contribution in [0.4, 0.5) is 15.8 Å². The third-order valence-corrected chi connectivity index (χ3v) is 2.81. The van der Waals surface area contributed by atoms with Crippen molar-refractivity contribution >= 4 is 11.4 Å². The number of nitrogen functional groups attached to an aromatic ring is 1. The first-order valence-electron chi connectivity index (χ1n) is 7.04. The molecule has 19 heavy (non-hydrogen) atoms. The topological polar surface area (TPSA) is 47.3 Å². The van der Waals surface area contributed by atoms with Crippen molar-refractivity contribution in [3.05, 3.63) is 17.9 Å². The van der Waals surface area contributed by atoms with Crippen LogP contribution < -0.4 is 15.8 Å². The lowest BCUT2D eigenvalue weighted by Gasteiger charge is -2.15. The average Bonchev–Trinajstić information content (AvgIpc) is 2.33. The smallest absolute Gasteiger partial charge is 0.167 e. The Morgan fingerprint density at radius 1 is 1.26 bits per heavy atom. The van der Waals surface area contributed by atoms with Crippen LogP contribution in [-0.4, -0.2) is 12.6 Å². The van der Waals surface area contributed by atoms with Crippen molar-refractivity contribution in [3.63, 3.8) is 0 Å². The standard InChI is InChI=1S/C15H25FN2O/c1-4-5-6-7-8-18-14-10-15(19-11(2)3)12(16)9-13(14)17/h9-11,18H,4-8,17H2,1-3H3. The largest absolute Gasteiger partial charge is 0.488 e. The number of rotatable bonds is 8. The number of halogens is 1. The zero-order valence-electron chi connectivity index (χ0n) is 12.1. The molecule has 1 rings (SSSR count). The highest BCUT2D eigenvalue weighted by atomic mass is 19.1. The zero-order valence-corrected chi connectivity index (χ0v) is 12.1. The molecule has 0 atom stereocenters. The number of unbranched alkanes of at least 4 members (excludes halogenated alkanes) is 3. The third kappa shape index (κ3) is 5.37. The second-order valence-corrected chi connectivity index (χ2v) is 5.02. The van der Waals surface area contributed by atoms with Gasteiger partial charge in [-0.15, -0.1) is 0 Å². The summed E-state index contributed by atoms with van der Waals surface area (Å²) in [5.41, 5.74) is 6.97. The predicted octanol–water partition coefficient (Wildman–Crippen LogP) is 4.19. The minimum Gasteiger partial charge on any atom is -0.488 e. The van der Waals surface area contributed by atoms with Crippen LogP contribution in [0.25, 0.3) is 0 Å². The molecule has 0 saturated heterocycles. The molecular weight excluding hydrogens is 243 g/mol. The van der Waals surface area contributed by atoms with Gasteiger partial charge in [-0.25, -0.2) is 4.39 Å². The summed E-state index contributed by atoms with van der Waals surface area (Å²) in [5.74, 6) is -0.164. The van der Waals surface area contributed by atoms with E-state index in [4.69, 9.17) is 10.5 Å². The van der Waals surface area contributed by atoms with Crippen LogP contribution in [0, 0.1) is 5.82 Å². The van der Waals surface area contributed by atoms with Gasteiger partial charge in [-0.05, 0) is 20.3 Å². The van der Waals surface area contributed by atoms with Crippen molar-refractivity contribution in [2.45, 2.75) is 52.6 Å². The second kappa shape index (κ2) is 7.87. The van der Waals surface area contributed by atoms with E-state index in [1.54, 1.807) is 6.07 Å². The van der Waals surface area contributed by atoms with Crippen LogP contribution in [0.2, 0.25) is 0 Å². The van der Waals surface area contributed by atoms with E-state index in [0.29, 0.717) is 5.69 Å². The lowest BCUT2D eigenvalue weighted by molar-refractivity contribution is 0.231. The fourth-order valence-corrected chi connectivity index (χ4v) is 1.84. The highest BCUT2D eigenvalue weighted by molar-refractivity contribution is 5.68. The molecule has 1 aromatic carbocycles.